The van der Waals surface area contributed by atoms with Crippen LogP contribution in [0.25, 0.3) is 11.3 Å². The Labute approximate surface area is 296 Å². The van der Waals surface area contributed by atoms with Gasteiger partial charge >= 0.3 is 0 Å². The molecule has 1 aliphatic carbocycles. The van der Waals surface area contributed by atoms with Gasteiger partial charge in [-0.1, -0.05) is 53.3 Å². The number of hydrogen-bond acceptors (Lipinski definition) is 9. The summed E-state index contributed by atoms with van der Waals surface area (Å²) in [5.74, 6) is 7.74. The third-order valence-electron chi connectivity index (χ3n) is 8.57. The van der Waals surface area contributed by atoms with E-state index in [0.717, 1.165) is 55.5 Å². The summed E-state index contributed by atoms with van der Waals surface area (Å²) in [6.07, 6.45) is 5.48. The molecule has 1 saturated carbocycles. The number of halogens is 2. The summed E-state index contributed by atoms with van der Waals surface area (Å²) in [5.41, 5.74) is 11.9. The van der Waals surface area contributed by atoms with Crippen LogP contribution in [-0.2, 0) is 4.94 Å². The first-order valence-electron chi connectivity index (χ1n) is 17.2. The molecule has 1 amide bonds. The number of aromatic nitrogens is 1. The number of benzene rings is 2. The molecule has 3 aromatic rings. The van der Waals surface area contributed by atoms with E-state index in [2.05, 4.69) is 47.3 Å². The normalized spacial score (nSPS) is 15.0. The number of aliphatic imine (C=N–C) groups is 1. The molecule has 2 unspecified atom stereocenters. The maximum atomic E-state index is 15.3. The van der Waals surface area contributed by atoms with Crippen molar-refractivity contribution in [3.8, 4) is 17.0 Å². The minimum absolute atomic E-state index is 0.0462. The van der Waals surface area contributed by atoms with Gasteiger partial charge in [0.05, 0.1) is 18.5 Å². The van der Waals surface area contributed by atoms with Crippen LogP contribution in [-0.4, -0.2) is 56.8 Å². The van der Waals surface area contributed by atoms with Crippen molar-refractivity contribution < 1.29 is 28.4 Å². The zero-order valence-electron chi connectivity index (χ0n) is 30.6. The van der Waals surface area contributed by atoms with Crippen molar-refractivity contribution in [2.75, 3.05) is 33.0 Å². The summed E-state index contributed by atoms with van der Waals surface area (Å²) in [4.78, 5) is 26.1. The van der Waals surface area contributed by atoms with E-state index in [1.807, 2.05) is 34.6 Å². The zero-order chi connectivity index (χ0) is 37.5. The van der Waals surface area contributed by atoms with Crippen molar-refractivity contribution in [1.29, 1.82) is 0 Å². The van der Waals surface area contributed by atoms with E-state index >= 15 is 4.39 Å². The molecule has 50 heavy (non-hydrogen) atoms. The first-order chi connectivity index (χ1) is 24.0. The van der Waals surface area contributed by atoms with E-state index in [9.17, 15) is 9.18 Å². The number of carbonyl (C=O) groups is 1. The number of nitrogens with zero attached hydrogens (tertiary/aromatic N) is 2. The summed E-state index contributed by atoms with van der Waals surface area (Å²) < 4.78 is 35.4. The fourth-order valence-electron chi connectivity index (χ4n) is 5.89. The van der Waals surface area contributed by atoms with Crippen LogP contribution in [0, 0.1) is 17.6 Å². The van der Waals surface area contributed by atoms with Crippen LogP contribution in [0.5, 0.6) is 5.75 Å². The largest absolute Gasteiger partial charge is 0.495 e. The van der Waals surface area contributed by atoms with Crippen LogP contribution in [0.4, 0.5) is 14.5 Å². The number of ether oxygens (including phenoxy) is 1. The van der Waals surface area contributed by atoms with E-state index in [1.54, 1.807) is 24.4 Å². The number of rotatable bonds is 11. The van der Waals surface area contributed by atoms with Crippen molar-refractivity contribution in [2.45, 2.75) is 84.9 Å². The highest BCUT2D eigenvalue weighted by atomic mass is 19.1. The number of fused-ring (bicyclic) bond motifs is 1. The highest BCUT2D eigenvalue weighted by molar-refractivity contribution is 6.58. The highest BCUT2D eigenvalue weighted by Crippen LogP contribution is 2.43. The van der Waals surface area contributed by atoms with Crippen LogP contribution in [0.1, 0.15) is 111 Å². The number of aliphatic hydroxyl groups excluding tert-OH is 1. The molecule has 0 spiro atoms. The fraction of sp³-hybridized carbons (Fsp3) is 0.486. The predicted molar refractivity (Wildman–Crippen MR) is 199 cm³/mol. The molecule has 0 bridgehead atoms. The molecule has 2 heterocycles. The van der Waals surface area contributed by atoms with Crippen molar-refractivity contribution >= 4 is 30.6 Å². The van der Waals surface area contributed by atoms with E-state index in [-0.39, 0.29) is 23.7 Å². The number of nitrogens with one attached hydrogen (secondary N) is 1. The number of hydrogen-bond donors (Lipinski definition) is 5. The third kappa shape index (κ3) is 10.6. The molecule has 2 atom stereocenters. The fourth-order valence-corrected chi connectivity index (χ4v) is 5.89. The number of methoxy groups -OCH3 is 1. The molecule has 1 aromatic heterocycles. The predicted octanol–water partition coefficient (Wildman–Crippen LogP) is 5.74. The summed E-state index contributed by atoms with van der Waals surface area (Å²) in [6, 6.07) is 8.08. The molecular formula is C37H54BF2N6O4. The quantitative estimate of drug-likeness (QED) is 0.0731. The summed E-state index contributed by atoms with van der Waals surface area (Å²) in [5, 5.41) is 10.1. The van der Waals surface area contributed by atoms with E-state index < -0.39 is 11.6 Å². The second-order valence-electron chi connectivity index (χ2n) is 12.3. The average molecular weight is 696 g/mol. The second kappa shape index (κ2) is 20.7. The van der Waals surface area contributed by atoms with Crippen molar-refractivity contribution in [1.82, 2.24) is 10.3 Å². The average Bonchev–Trinajstić information content (AvgIpc) is 3.88. The first kappa shape index (κ1) is 42.3. The number of carbonyl (C=O) groups excluding carboxylic acids is 1. The number of amides is 1. The van der Waals surface area contributed by atoms with Gasteiger partial charge in [-0.2, -0.15) is 11.8 Å². The lowest BCUT2D eigenvalue weighted by molar-refractivity contribution is 0.0949. The lowest BCUT2D eigenvalue weighted by atomic mass is 9.69. The van der Waals surface area contributed by atoms with Crippen LogP contribution in [0.2, 0.25) is 6.32 Å². The molecule has 5 rings (SSSR count). The number of aliphatic hydroxyl groups is 1. The number of nitrogen functional groups attached to an aromatic ring is 1. The van der Waals surface area contributed by atoms with Gasteiger partial charge in [0.2, 0.25) is 0 Å². The Morgan fingerprint density at radius 2 is 1.80 bits per heavy atom. The Hall–Kier alpha value is -3.91. The molecule has 2 aliphatic rings. The molecule has 1 fully saturated rings. The SMILES string of the molecule is CC.CCCN=Cc1cc(C(=O)NCC(c2cc3c(c(-c4cc(C(C)C)c(F)cc4F)n2)[B]CC3C)C2CC2)cc(OC)c1N.CO.NON. The Kier molecular flexibility index (Phi) is 17.5. The zero-order valence-corrected chi connectivity index (χ0v) is 30.6. The smallest absolute Gasteiger partial charge is 0.251 e. The third-order valence-corrected chi connectivity index (χ3v) is 8.57. The summed E-state index contributed by atoms with van der Waals surface area (Å²) in [6.45, 7) is 13.0. The number of pyridine rings is 1. The van der Waals surface area contributed by atoms with Crippen LogP contribution >= 0.6 is 0 Å². The van der Waals surface area contributed by atoms with E-state index in [1.165, 1.54) is 7.11 Å². The van der Waals surface area contributed by atoms with E-state index in [0.29, 0.717) is 58.4 Å². The Morgan fingerprint density at radius 3 is 2.38 bits per heavy atom. The maximum absolute atomic E-state index is 15.3. The van der Waals surface area contributed by atoms with Gasteiger partial charge in [0.15, 0.2) is 7.28 Å². The van der Waals surface area contributed by atoms with Crippen molar-refractivity contribution in [2.24, 2.45) is 22.7 Å². The molecule has 273 valence electrons. The molecule has 1 radical (unpaired) electrons. The molecule has 2 aromatic carbocycles. The van der Waals surface area contributed by atoms with E-state index in [4.69, 9.17) is 20.6 Å². The number of nitrogens with two attached hydrogens (primary N) is 3. The molecular weight excluding hydrogens is 641 g/mol. The van der Waals surface area contributed by atoms with Gasteiger partial charge in [0.25, 0.3) is 5.91 Å². The maximum Gasteiger partial charge on any atom is 0.251 e. The van der Waals surface area contributed by atoms with Gasteiger partial charge in [-0.3, -0.25) is 14.8 Å². The molecule has 0 saturated heterocycles. The number of anilines is 1. The Balaban J connectivity index is 0.00000116. The van der Waals surface area contributed by atoms with Crippen molar-refractivity contribution in [3.63, 3.8) is 0 Å². The first-order valence-corrected chi connectivity index (χ1v) is 17.2. The van der Waals surface area contributed by atoms with Gasteiger partial charge in [0.1, 0.15) is 17.4 Å². The van der Waals surface area contributed by atoms with Crippen LogP contribution < -0.4 is 33.0 Å². The lowest BCUT2D eigenvalue weighted by Gasteiger charge is -2.22. The molecule has 10 nitrogen and oxygen atoms in total. The van der Waals surface area contributed by atoms with Gasteiger partial charge in [-0.25, -0.2) is 13.7 Å². The van der Waals surface area contributed by atoms with Gasteiger partial charge in [0, 0.05) is 60.8 Å². The highest BCUT2D eigenvalue weighted by Gasteiger charge is 2.36. The van der Waals surface area contributed by atoms with Crippen LogP contribution in [0.3, 0.4) is 0 Å². The monoisotopic (exact) mass is 695 g/mol. The van der Waals surface area contributed by atoms with Gasteiger partial charge < -0.3 is 20.9 Å². The minimum Gasteiger partial charge on any atom is -0.495 e. The molecule has 1 aliphatic heterocycles. The topological polar surface area (TPSA) is 171 Å². The Bertz CT molecular complexity index is 1590. The minimum atomic E-state index is -0.617. The summed E-state index contributed by atoms with van der Waals surface area (Å²) in [7, 11) is 4.63. The van der Waals surface area contributed by atoms with Gasteiger partial charge in [-0.05, 0) is 72.4 Å². The molecule has 8 N–H and O–H groups in total. The standard InChI is InChI=1S/C34H40BF2N4O2.C2H6.CH4O.H4N2O/c1-6-9-39-16-22-10-21(11-30(43-5)32(22)38)34(42)40-17-26(20-7-8-20)29-13-24-19(4)15-35-31(24)33(41-29)25-12-23(18(2)3)27(36)14-28(25)37;2*1-2;1-3-2/h10-14,16,18-20,26H,6-9,15,17,38H2,1-5H3,(H,40,42);1-2H3;2H,1H3;1-2H2. The lowest BCUT2D eigenvalue weighted by Crippen LogP contribution is -2.30. The van der Waals surface area contributed by atoms with Crippen molar-refractivity contribution in [3.05, 3.63) is 69.9 Å². The van der Waals surface area contributed by atoms with Gasteiger partial charge in [-0.15, -0.1) is 0 Å². The molecule has 13 heteroatoms. The van der Waals surface area contributed by atoms with Crippen LogP contribution in [0.15, 0.2) is 35.3 Å². The second-order valence-corrected chi connectivity index (χ2v) is 12.3. The summed E-state index contributed by atoms with van der Waals surface area (Å²) >= 11 is 0. The Morgan fingerprint density at radius 1 is 1.14 bits per heavy atom.